The second-order valence-electron chi connectivity index (χ2n) is 4.11. The number of nitrogens with zero attached hydrogens (tertiary/aromatic N) is 2. The minimum atomic E-state index is -0.311. The highest BCUT2D eigenvalue weighted by Crippen LogP contribution is 2.30. The molecule has 0 aliphatic heterocycles. The van der Waals surface area contributed by atoms with Crippen LogP contribution in [0.2, 0.25) is 0 Å². The zero-order chi connectivity index (χ0) is 13.1. The van der Waals surface area contributed by atoms with Crippen LogP contribution in [0.3, 0.4) is 0 Å². The van der Waals surface area contributed by atoms with Crippen LogP contribution in [0, 0.1) is 10.1 Å². The molecule has 18 heavy (non-hydrogen) atoms. The van der Waals surface area contributed by atoms with E-state index in [1.54, 1.807) is 24.4 Å². The van der Waals surface area contributed by atoms with Crippen molar-refractivity contribution in [2.75, 3.05) is 0 Å². The number of hydrogen-bond acceptors (Lipinski definition) is 3. The lowest BCUT2D eigenvalue weighted by molar-refractivity contribution is -0.383. The van der Waals surface area contributed by atoms with Crippen LogP contribution in [0.1, 0.15) is 18.9 Å². The van der Waals surface area contributed by atoms with Crippen LogP contribution in [-0.2, 0) is 6.42 Å². The van der Waals surface area contributed by atoms with Crippen LogP contribution in [0.25, 0.3) is 10.9 Å². The zero-order valence-electron chi connectivity index (χ0n) is 9.97. The summed E-state index contributed by atoms with van der Waals surface area (Å²) in [6.07, 6.45) is 3.23. The van der Waals surface area contributed by atoms with Gasteiger partial charge in [0, 0.05) is 16.6 Å². The highest BCUT2D eigenvalue weighted by molar-refractivity contribution is 9.09. The summed E-state index contributed by atoms with van der Waals surface area (Å²) in [6, 6.07) is 7.12. The van der Waals surface area contributed by atoms with Crippen LogP contribution in [0.4, 0.5) is 5.69 Å². The average Bonchev–Trinajstić information content (AvgIpc) is 2.37. The van der Waals surface area contributed by atoms with E-state index in [0.29, 0.717) is 17.3 Å². The van der Waals surface area contributed by atoms with Crippen molar-refractivity contribution in [1.29, 1.82) is 0 Å². The van der Waals surface area contributed by atoms with Gasteiger partial charge in [-0.3, -0.25) is 15.1 Å². The summed E-state index contributed by atoms with van der Waals surface area (Å²) in [7, 11) is 0. The molecule has 94 valence electrons. The first-order valence-corrected chi connectivity index (χ1v) is 6.70. The molecule has 5 heteroatoms. The molecule has 0 spiro atoms. The first-order chi connectivity index (χ1) is 8.63. The topological polar surface area (TPSA) is 56.0 Å². The van der Waals surface area contributed by atoms with E-state index in [0.717, 1.165) is 12.0 Å². The Hall–Kier alpha value is -1.49. The lowest BCUT2D eigenvalue weighted by atomic mass is 10.0. The molecule has 0 bridgehead atoms. The third kappa shape index (κ3) is 2.51. The highest BCUT2D eigenvalue weighted by Gasteiger charge is 2.20. The zero-order valence-corrected chi connectivity index (χ0v) is 11.6. The Morgan fingerprint density at radius 1 is 1.44 bits per heavy atom. The molecule has 1 atom stereocenters. The molecule has 1 heterocycles. The van der Waals surface area contributed by atoms with Crippen molar-refractivity contribution < 1.29 is 4.92 Å². The summed E-state index contributed by atoms with van der Waals surface area (Å²) >= 11 is 3.52. The normalized spacial score (nSPS) is 12.6. The van der Waals surface area contributed by atoms with Crippen LogP contribution >= 0.6 is 15.9 Å². The van der Waals surface area contributed by atoms with Crippen molar-refractivity contribution in [3.63, 3.8) is 0 Å². The van der Waals surface area contributed by atoms with Crippen molar-refractivity contribution in [3.8, 4) is 0 Å². The monoisotopic (exact) mass is 308 g/mol. The second-order valence-corrected chi connectivity index (χ2v) is 5.41. The number of nitro groups is 1. The smallest absolute Gasteiger partial charge is 0.258 e. The standard InChI is InChI=1S/C13H13BrN2O2/c1-2-10(14)8-9-5-6-12-11(4-3-7-15-12)13(9)16(17)18/h3-7,10H,2,8H2,1H3. The molecule has 1 aromatic carbocycles. The molecular weight excluding hydrogens is 296 g/mol. The number of aromatic nitrogens is 1. The SMILES string of the molecule is CCC(Br)Cc1ccc2ncccc2c1[N+](=O)[O-]. The van der Waals surface area contributed by atoms with Gasteiger partial charge in [0.25, 0.3) is 5.69 Å². The van der Waals surface area contributed by atoms with Gasteiger partial charge < -0.3 is 0 Å². The van der Waals surface area contributed by atoms with Gasteiger partial charge >= 0.3 is 0 Å². The van der Waals surface area contributed by atoms with E-state index >= 15 is 0 Å². The Balaban J connectivity index is 2.59. The number of alkyl halides is 1. The number of benzene rings is 1. The summed E-state index contributed by atoms with van der Waals surface area (Å²) in [5.74, 6) is 0. The van der Waals surface area contributed by atoms with E-state index in [-0.39, 0.29) is 15.4 Å². The summed E-state index contributed by atoms with van der Waals surface area (Å²) < 4.78 is 0. The van der Waals surface area contributed by atoms with Gasteiger partial charge in [-0.25, -0.2) is 0 Å². The van der Waals surface area contributed by atoms with Gasteiger partial charge in [0.1, 0.15) is 0 Å². The van der Waals surface area contributed by atoms with E-state index in [9.17, 15) is 10.1 Å². The Morgan fingerprint density at radius 2 is 2.22 bits per heavy atom. The van der Waals surface area contributed by atoms with Gasteiger partial charge in [-0.2, -0.15) is 0 Å². The molecule has 0 saturated heterocycles. The van der Waals surface area contributed by atoms with E-state index in [4.69, 9.17) is 0 Å². The molecule has 0 fully saturated rings. The number of hydrogen-bond donors (Lipinski definition) is 0. The fourth-order valence-electron chi connectivity index (χ4n) is 1.95. The summed E-state index contributed by atoms with van der Waals surface area (Å²) in [6.45, 7) is 2.05. The first-order valence-electron chi connectivity index (χ1n) is 5.78. The Kier molecular flexibility index (Phi) is 3.91. The first kappa shape index (κ1) is 13.0. The van der Waals surface area contributed by atoms with Crippen LogP contribution in [0.15, 0.2) is 30.5 Å². The van der Waals surface area contributed by atoms with E-state index in [1.165, 1.54) is 0 Å². The molecule has 1 aromatic heterocycles. The summed E-state index contributed by atoms with van der Waals surface area (Å²) in [4.78, 5) is 15.4. The number of nitro benzene ring substituents is 1. The lowest BCUT2D eigenvalue weighted by Gasteiger charge is -2.09. The summed E-state index contributed by atoms with van der Waals surface area (Å²) in [5.41, 5.74) is 1.60. The van der Waals surface area contributed by atoms with E-state index < -0.39 is 0 Å². The number of fused-ring (bicyclic) bond motifs is 1. The maximum Gasteiger partial charge on any atom is 0.281 e. The molecule has 0 aliphatic carbocycles. The Morgan fingerprint density at radius 3 is 2.89 bits per heavy atom. The highest BCUT2D eigenvalue weighted by atomic mass is 79.9. The number of halogens is 1. The minimum Gasteiger partial charge on any atom is -0.258 e. The fourth-order valence-corrected chi connectivity index (χ4v) is 2.29. The Labute approximate surface area is 113 Å². The molecule has 0 aliphatic rings. The second kappa shape index (κ2) is 5.44. The molecule has 4 nitrogen and oxygen atoms in total. The predicted molar refractivity (Wildman–Crippen MR) is 75.1 cm³/mol. The van der Waals surface area contributed by atoms with Gasteiger partial charge in [0.05, 0.1) is 15.8 Å². The van der Waals surface area contributed by atoms with Crippen molar-refractivity contribution in [1.82, 2.24) is 4.98 Å². The third-order valence-corrected chi connectivity index (χ3v) is 3.88. The minimum absolute atomic E-state index is 0.179. The van der Waals surface area contributed by atoms with Crippen LogP contribution in [0.5, 0.6) is 0 Å². The van der Waals surface area contributed by atoms with E-state index in [1.807, 2.05) is 13.0 Å². The molecule has 0 saturated carbocycles. The van der Waals surface area contributed by atoms with Crippen molar-refractivity contribution in [2.24, 2.45) is 0 Å². The van der Waals surface area contributed by atoms with Crippen LogP contribution in [-0.4, -0.2) is 14.7 Å². The molecule has 2 rings (SSSR count). The van der Waals surface area contributed by atoms with Gasteiger partial charge in [0.15, 0.2) is 0 Å². The van der Waals surface area contributed by atoms with Crippen molar-refractivity contribution >= 4 is 32.5 Å². The van der Waals surface area contributed by atoms with Gasteiger partial charge in [0.2, 0.25) is 0 Å². The fraction of sp³-hybridized carbons (Fsp3) is 0.308. The molecular formula is C13H13BrN2O2. The molecule has 0 amide bonds. The molecule has 0 N–H and O–H groups in total. The summed E-state index contributed by atoms with van der Waals surface area (Å²) in [5, 5.41) is 11.9. The molecule has 0 radical (unpaired) electrons. The number of pyridine rings is 1. The molecule has 1 unspecified atom stereocenters. The average molecular weight is 309 g/mol. The van der Waals surface area contributed by atoms with Crippen LogP contribution < -0.4 is 0 Å². The maximum atomic E-state index is 11.3. The lowest BCUT2D eigenvalue weighted by Crippen LogP contribution is -2.04. The quantitative estimate of drug-likeness (QED) is 0.489. The number of rotatable bonds is 4. The van der Waals surface area contributed by atoms with Gasteiger partial charge in [-0.1, -0.05) is 22.9 Å². The predicted octanol–water partition coefficient (Wildman–Crippen LogP) is 3.86. The van der Waals surface area contributed by atoms with Gasteiger partial charge in [-0.15, -0.1) is 0 Å². The van der Waals surface area contributed by atoms with Crippen molar-refractivity contribution in [2.45, 2.75) is 24.6 Å². The third-order valence-electron chi connectivity index (χ3n) is 2.91. The molecule has 2 aromatic rings. The van der Waals surface area contributed by atoms with E-state index in [2.05, 4.69) is 20.9 Å². The maximum absolute atomic E-state index is 11.3. The van der Waals surface area contributed by atoms with Crippen molar-refractivity contribution in [3.05, 3.63) is 46.1 Å². The Bertz CT molecular complexity index is 586. The largest absolute Gasteiger partial charge is 0.281 e. The van der Waals surface area contributed by atoms with Gasteiger partial charge in [-0.05, 0) is 37.1 Å².